The number of rotatable bonds is 22. The number of allylic oxidation sites excluding steroid dienone is 2. The van der Waals surface area contributed by atoms with Crippen molar-refractivity contribution in [1.29, 1.82) is 0 Å². The van der Waals surface area contributed by atoms with Gasteiger partial charge in [0, 0.05) is 30.5 Å². The molecule has 0 saturated heterocycles. The summed E-state index contributed by atoms with van der Waals surface area (Å²) < 4.78 is 13.3. The molecule has 5 N–H and O–H groups in total. The van der Waals surface area contributed by atoms with E-state index in [0.717, 1.165) is 83.2 Å². The summed E-state index contributed by atoms with van der Waals surface area (Å²) in [6.07, 6.45) is 16.7. The second-order valence-corrected chi connectivity index (χ2v) is 12.9. The van der Waals surface area contributed by atoms with Crippen molar-refractivity contribution < 1.29 is 9.47 Å². The second kappa shape index (κ2) is 18.8. The minimum Gasteiger partial charge on any atom is -0.493 e. The van der Waals surface area contributed by atoms with Gasteiger partial charge in [-0.25, -0.2) is 0 Å². The zero-order valence-electron chi connectivity index (χ0n) is 26.9. The lowest BCUT2D eigenvalue weighted by molar-refractivity contribution is 0.0104. The van der Waals surface area contributed by atoms with Gasteiger partial charge in [0.2, 0.25) is 0 Å². The van der Waals surface area contributed by atoms with Gasteiger partial charge in [0.15, 0.2) is 0 Å². The van der Waals surface area contributed by atoms with Crippen LogP contribution >= 0.6 is 0 Å². The lowest BCUT2D eigenvalue weighted by Crippen LogP contribution is -2.45. The van der Waals surface area contributed by atoms with Crippen LogP contribution in [-0.2, 0) is 6.42 Å². The van der Waals surface area contributed by atoms with Gasteiger partial charge in [0.05, 0.1) is 6.61 Å². The first kappa shape index (κ1) is 33.9. The molecule has 1 aliphatic heterocycles. The molecule has 1 aliphatic carbocycles. The first-order chi connectivity index (χ1) is 20.0. The summed E-state index contributed by atoms with van der Waals surface area (Å²) in [7, 11) is 0. The van der Waals surface area contributed by atoms with E-state index in [0.29, 0.717) is 11.8 Å². The molecule has 0 radical (unpaired) electrons. The summed E-state index contributed by atoms with van der Waals surface area (Å²) in [5.74, 6) is 3.03. The van der Waals surface area contributed by atoms with E-state index in [1.807, 2.05) is 0 Å². The van der Waals surface area contributed by atoms with Crippen LogP contribution in [0.1, 0.15) is 115 Å². The number of benzene rings is 1. The first-order valence-electron chi connectivity index (χ1n) is 16.9. The molecule has 6 heteroatoms. The lowest BCUT2D eigenvalue weighted by atomic mass is 9.68. The van der Waals surface area contributed by atoms with Crippen LogP contribution in [0.15, 0.2) is 23.8 Å². The molecule has 6 nitrogen and oxygen atoms in total. The Hall–Kier alpha value is -1.60. The first-order valence-corrected chi connectivity index (χ1v) is 16.9. The summed E-state index contributed by atoms with van der Waals surface area (Å²) in [5, 5.41) is 10.5. The smallest absolute Gasteiger partial charge is 0.127 e. The molecule has 234 valence electrons. The molecular formula is C35H62N4O2. The third-order valence-electron chi connectivity index (χ3n) is 8.83. The number of ether oxygens (including phenoxy) is 2. The highest BCUT2D eigenvalue weighted by Gasteiger charge is 2.45. The van der Waals surface area contributed by atoms with E-state index in [1.165, 1.54) is 74.5 Å². The van der Waals surface area contributed by atoms with Crippen molar-refractivity contribution in [1.82, 2.24) is 16.0 Å². The monoisotopic (exact) mass is 570 g/mol. The fourth-order valence-electron chi connectivity index (χ4n) is 6.41. The van der Waals surface area contributed by atoms with Crippen molar-refractivity contribution in [3.05, 3.63) is 34.9 Å². The van der Waals surface area contributed by atoms with E-state index in [-0.39, 0.29) is 5.60 Å². The summed E-state index contributed by atoms with van der Waals surface area (Å²) in [6.45, 7) is 17.0. The molecular weight excluding hydrogens is 508 g/mol. The van der Waals surface area contributed by atoms with E-state index >= 15 is 0 Å². The van der Waals surface area contributed by atoms with Crippen molar-refractivity contribution >= 4 is 0 Å². The molecule has 0 aromatic heterocycles. The van der Waals surface area contributed by atoms with Crippen molar-refractivity contribution in [3.63, 3.8) is 0 Å². The minimum atomic E-state index is -0.152. The fraction of sp³-hybridized carbons (Fsp3) is 0.771. The lowest BCUT2D eigenvalue weighted by Gasteiger charge is -2.46. The average Bonchev–Trinajstić information content (AvgIpc) is 2.94. The Balaban J connectivity index is 1.39. The van der Waals surface area contributed by atoms with Crippen LogP contribution in [0.5, 0.6) is 11.5 Å². The highest BCUT2D eigenvalue weighted by atomic mass is 16.5. The van der Waals surface area contributed by atoms with Gasteiger partial charge < -0.3 is 31.2 Å². The zero-order valence-corrected chi connectivity index (χ0v) is 26.9. The zero-order chi connectivity index (χ0) is 29.3. The number of hydrogen-bond acceptors (Lipinski definition) is 6. The molecule has 0 spiro atoms. The van der Waals surface area contributed by atoms with Crippen LogP contribution in [0, 0.1) is 5.92 Å². The van der Waals surface area contributed by atoms with Crippen LogP contribution < -0.4 is 31.2 Å². The largest absolute Gasteiger partial charge is 0.493 e. The van der Waals surface area contributed by atoms with E-state index in [2.05, 4.69) is 61.9 Å². The SMILES string of the molecule is CCCCCc1cc(OCCCCCCNCCCNCCNCCCN)c2c(c1)OC(C)(C)C1CCC(C)=C[C@@H]21. The summed E-state index contributed by atoms with van der Waals surface area (Å²) in [6, 6.07) is 4.65. The normalized spacial score (nSPS) is 19.3. The van der Waals surface area contributed by atoms with Gasteiger partial charge >= 0.3 is 0 Å². The fourth-order valence-corrected chi connectivity index (χ4v) is 6.41. The van der Waals surface area contributed by atoms with Crippen LogP contribution in [0.25, 0.3) is 0 Å². The van der Waals surface area contributed by atoms with Gasteiger partial charge in [0.1, 0.15) is 17.1 Å². The van der Waals surface area contributed by atoms with Crippen molar-refractivity contribution in [2.75, 3.05) is 52.4 Å². The van der Waals surface area contributed by atoms with Crippen molar-refractivity contribution in [2.45, 2.75) is 116 Å². The predicted molar refractivity (Wildman–Crippen MR) is 174 cm³/mol. The highest BCUT2D eigenvalue weighted by molar-refractivity contribution is 5.54. The quantitative estimate of drug-likeness (QED) is 0.0944. The van der Waals surface area contributed by atoms with Gasteiger partial charge in [0.25, 0.3) is 0 Å². The van der Waals surface area contributed by atoms with E-state index in [4.69, 9.17) is 15.2 Å². The summed E-state index contributed by atoms with van der Waals surface area (Å²) in [5.41, 5.74) is 9.52. The van der Waals surface area contributed by atoms with Crippen molar-refractivity contribution in [2.24, 2.45) is 11.7 Å². The van der Waals surface area contributed by atoms with Gasteiger partial charge in [-0.05, 0) is 123 Å². The highest BCUT2D eigenvalue weighted by Crippen LogP contribution is 2.53. The van der Waals surface area contributed by atoms with E-state index in [9.17, 15) is 0 Å². The maximum Gasteiger partial charge on any atom is 0.127 e. The third-order valence-corrected chi connectivity index (χ3v) is 8.83. The molecule has 1 heterocycles. The molecule has 0 bridgehead atoms. The molecule has 1 aromatic rings. The minimum absolute atomic E-state index is 0.152. The number of aryl methyl sites for hydroxylation is 1. The maximum atomic E-state index is 6.72. The molecule has 1 aromatic carbocycles. The number of nitrogens with one attached hydrogen (secondary N) is 3. The Morgan fingerprint density at radius 2 is 1.59 bits per heavy atom. The number of unbranched alkanes of at least 4 members (excludes halogenated alkanes) is 5. The van der Waals surface area contributed by atoms with Gasteiger partial charge in [-0.15, -0.1) is 0 Å². The Morgan fingerprint density at radius 3 is 2.34 bits per heavy atom. The van der Waals surface area contributed by atoms with Crippen LogP contribution in [-0.4, -0.2) is 58.0 Å². The Kier molecular flexibility index (Phi) is 15.6. The molecule has 0 amide bonds. The summed E-state index contributed by atoms with van der Waals surface area (Å²) in [4.78, 5) is 0. The molecule has 41 heavy (non-hydrogen) atoms. The van der Waals surface area contributed by atoms with Crippen molar-refractivity contribution in [3.8, 4) is 11.5 Å². The van der Waals surface area contributed by atoms with E-state index in [1.54, 1.807) is 0 Å². The number of nitrogens with two attached hydrogens (primary N) is 1. The van der Waals surface area contributed by atoms with E-state index < -0.39 is 0 Å². The Bertz CT molecular complexity index is 900. The van der Waals surface area contributed by atoms with Crippen LogP contribution in [0.4, 0.5) is 0 Å². The van der Waals surface area contributed by atoms with Crippen LogP contribution in [0.2, 0.25) is 0 Å². The van der Waals surface area contributed by atoms with Gasteiger partial charge in [-0.1, -0.05) is 44.3 Å². The standard InChI is InChI=1S/C35H62N4O2/c1-5-6-9-14-29-26-32(34-30-25-28(2)15-16-31(30)35(3,4)41-33(34)27-29)40-24-11-8-7-10-18-37-20-13-21-39-23-22-38-19-12-17-36/h25-27,30-31,37-39H,5-24,36H2,1-4H3/t30-,31?/m1/s1. The Labute approximate surface area is 252 Å². The predicted octanol–water partition coefficient (Wildman–Crippen LogP) is 6.48. The summed E-state index contributed by atoms with van der Waals surface area (Å²) >= 11 is 0. The van der Waals surface area contributed by atoms with Gasteiger partial charge in [-0.3, -0.25) is 0 Å². The molecule has 1 unspecified atom stereocenters. The second-order valence-electron chi connectivity index (χ2n) is 12.9. The molecule has 0 saturated carbocycles. The molecule has 2 atom stereocenters. The molecule has 3 rings (SSSR count). The molecule has 2 aliphatic rings. The molecule has 0 fully saturated rings. The Morgan fingerprint density at radius 1 is 0.878 bits per heavy atom. The topological polar surface area (TPSA) is 80.6 Å². The van der Waals surface area contributed by atoms with Gasteiger partial charge in [-0.2, -0.15) is 0 Å². The third kappa shape index (κ3) is 11.5. The number of hydrogen-bond donors (Lipinski definition) is 4. The van der Waals surface area contributed by atoms with Crippen LogP contribution in [0.3, 0.4) is 0 Å². The average molecular weight is 571 g/mol. The maximum absolute atomic E-state index is 6.72. The number of fused-ring (bicyclic) bond motifs is 3.